The first-order valence-corrected chi connectivity index (χ1v) is 6.42. The highest BCUT2D eigenvalue weighted by Crippen LogP contribution is 2.63. The summed E-state index contributed by atoms with van der Waals surface area (Å²) in [6.45, 7) is 10.3. The lowest BCUT2D eigenvalue weighted by atomic mass is 9.70. The largest absolute Gasteiger partial charge is 0.466 e. The summed E-state index contributed by atoms with van der Waals surface area (Å²) in [6.07, 6.45) is 3.25. The fourth-order valence-corrected chi connectivity index (χ4v) is 3.10. The molecule has 0 aromatic heterocycles. The Morgan fingerprint density at radius 3 is 2.12 bits per heavy atom. The van der Waals surface area contributed by atoms with Crippen LogP contribution >= 0.6 is 0 Å². The van der Waals surface area contributed by atoms with E-state index < -0.39 is 0 Å². The summed E-state index contributed by atoms with van der Waals surface area (Å²) in [5, 5.41) is 0. The summed E-state index contributed by atoms with van der Waals surface area (Å²) < 4.78 is 4.40. The zero-order valence-electron chi connectivity index (χ0n) is 11.6. The Hall–Kier alpha value is -0.860. The number of esters is 1. The summed E-state index contributed by atoms with van der Waals surface area (Å²) in [6, 6.07) is 0. The summed E-state index contributed by atoms with van der Waals surface area (Å²) in [5.41, 5.74) is 0.307. The van der Waals surface area contributed by atoms with E-state index >= 15 is 0 Å². The standard InChI is InChI=1S/C10H16O.C4H8O2/c1-9(2)7-4-5-10(9,3)8(11)6-7;1-3-6-4(2)5/h7H,4-6H2,1-3H3;3H2,1-2H3. The average molecular weight is 240 g/mol. The molecule has 0 heterocycles. The molecule has 0 aromatic carbocycles. The number of hydrogen-bond donors (Lipinski definition) is 0. The van der Waals surface area contributed by atoms with Crippen molar-refractivity contribution in [3.63, 3.8) is 0 Å². The number of fused-ring (bicyclic) bond motifs is 2. The van der Waals surface area contributed by atoms with Crippen molar-refractivity contribution in [3.8, 4) is 0 Å². The topological polar surface area (TPSA) is 43.4 Å². The van der Waals surface area contributed by atoms with Crippen LogP contribution in [-0.2, 0) is 14.3 Å². The van der Waals surface area contributed by atoms with Gasteiger partial charge in [-0.3, -0.25) is 9.59 Å². The summed E-state index contributed by atoms with van der Waals surface area (Å²) in [5.74, 6) is 0.983. The predicted molar refractivity (Wildman–Crippen MR) is 66.5 cm³/mol. The van der Waals surface area contributed by atoms with Gasteiger partial charge >= 0.3 is 5.97 Å². The number of Topliss-reactive ketones (excluding diaryl/α,β-unsaturated/α-hetero) is 1. The average Bonchev–Trinajstić information content (AvgIpc) is 2.51. The number of carbonyl (C=O) groups excluding carboxylic acids is 2. The van der Waals surface area contributed by atoms with Gasteiger partial charge in [0.05, 0.1) is 6.61 Å². The highest BCUT2D eigenvalue weighted by molar-refractivity contribution is 5.89. The first kappa shape index (κ1) is 14.2. The monoisotopic (exact) mass is 240 g/mol. The third kappa shape index (κ3) is 2.38. The molecule has 2 unspecified atom stereocenters. The molecule has 17 heavy (non-hydrogen) atoms. The van der Waals surface area contributed by atoms with Gasteiger partial charge in [0, 0.05) is 18.8 Å². The van der Waals surface area contributed by atoms with E-state index in [9.17, 15) is 9.59 Å². The van der Waals surface area contributed by atoms with Gasteiger partial charge < -0.3 is 4.74 Å². The van der Waals surface area contributed by atoms with Crippen LogP contribution in [0.15, 0.2) is 0 Å². The van der Waals surface area contributed by atoms with Crippen LogP contribution in [0.3, 0.4) is 0 Å². The van der Waals surface area contributed by atoms with Crippen molar-refractivity contribution in [1.29, 1.82) is 0 Å². The highest BCUT2D eigenvalue weighted by atomic mass is 16.5. The van der Waals surface area contributed by atoms with Crippen molar-refractivity contribution >= 4 is 11.8 Å². The SMILES string of the molecule is CC12CCC(CC1=O)C2(C)C.CCOC(C)=O. The van der Waals surface area contributed by atoms with Crippen LogP contribution in [0.25, 0.3) is 0 Å². The van der Waals surface area contributed by atoms with Crippen LogP contribution in [0.4, 0.5) is 0 Å². The molecule has 0 aromatic rings. The maximum atomic E-state index is 11.6. The quantitative estimate of drug-likeness (QED) is 0.662. The van der Waals surface area contributed by atoms with Crippen LogP contribution in [0.2, 0.25) is 0 Å². The lowest BCUT2D eigenvalue weighted by molar-refractivity contribution is -0.140. The lowest BCUT2D eigenvalue weighted by Crippen LogP contribution is -2.32. The van der Waals surface area contributed by atoms with Gasteiger partial charge in [0.15, 0.2) is 0 Å². The summed E-state index contributed by atoms with van der Waals surface area (Å²) in [4.78, 5) is 21.4. The zero-order valence-corrected chi connectivity index (χ0v) is 11.6. The zero-order chi connectivity index (χ0) is 13.3. The van der Waals surface area contributed by atoms with E-state index in [1.807, 2.05) is 0 Å². The minimum Gasteiger partial charge on any atom is -0.466 e. The van der Waals surface area contributed by atoms with Gasteiger partial charge in [0.2, 0.25) is 0 Å². The van der Waals surface area contributed by atoms with E-state index in [4.69, 9.17) is 0 Å². The van der Waals surface area contributed by atoms with E-state index in [2.05, 4.69) is 25.5 Å². The van der Waals surface area contributed by atoms with Gasteiger partial charge in [-0.15, -0.1) is 0 Å². The molecule has 3 heteroatoms. The van der Waals surface area contributed by atoms with Crippen LogP contribution in [-0.4, -0.2) is 18.4 Å². The Bertz CT molecular complexity index is 319. The highest BCUT2D eigenvalue weighted by Gasteiger charge is 2.61. The van der Waals surface area contributed by atoms with Crippen LogP contribution < -0.4 is 0 Å². The molecule has 0 aliphatic heterocycles. The van der Waals surface area contributed by atoms with Gasteiger partial charge in [-0.1, -0.05) is 20.8 Å². The normalized spacial score (nSPS) is 33.0. The smallest absolute Gasteiger partial charge is 0.302 e. The molecule has 0 N–H and O–H groups in total. The minimum absolute atomic E-state index is 0.0255. The van der Waals surface area contributed by atoms with Gasteiger partial charge in [-0.25, -0.2) is 0 Å². The maximum Gasteiger partial charge on any atom is 0.302 e. The summed E-state index contributed by atoms with van der Waals surface area (Å²) >= 11 is 0. The number of rotatable bonds is 1. The molecule has 0 amide bonds. The van der Waals surface area contributed by atoms with Crippen molar-refractivity contribution < 1.29 is 14.3 Å². The lowest BCUT2D eigenvalue weighted by Gasteiger charge is -2.32. The fraction of sp³-hybridized carbons (Fsp3) is 0.857. The summed E-state index contributed by atoms with van der Waals surface area (Å²) in [7, 11) is 0. The molecule has 2 atom stereocenters. The van der Waals surface area contributed by atoms with E-state index in [1.54, 1.807) is 6.92 Å². The minimum atomic E-state index is -0.211. The first-order chi connectivity index (χ1) is 7.75. The van der Waals surface area contributed by atoms with Crippen molar-refractivity contribution in [2.75, 3.05) is 6.61 Å². The van der Waals surface area contributed by atoms with Crippen LogP contribution in [0.5, 0.6) is 0 Å². The van der Waals surface area contributed by atoms with Crippen LogP contribution in [0, 0.1) is 16.7 Å². The molecule has 98 valence electrons. The van der Waals surface area contributed by atoms with Crippen molar-refractivity contribution in [2.45, 2.75) is 53.9 Å². The van der Waals surface area contributed by atoms with Gasteiger partial charge in [0.25, 0.3) is 0 Å². The number of ether oxygens (including phenoxy) is 1. The molecule has 0 spiro atoms. The fourth-order valence-electron chi connectivity index (χ4n) is 3.10. The Kier molecular flexibility index (Phi) is 4.00. The Morgan fingerprint density at radius 1 is 1.41 bits per heavy atom. The van der Waals surface area contributed by atoms with Crippen molar-refractivity contribution in [3.05, 3.63) is 0 Å². The maximum absolute atomic E-state index is 11.6. The Morgan fingerprint density at radius 2 is 2.00 bits per heavy atom. The second kappa shape index (κ2) is 4.79. The molecule has 3 nitrogen and oxygen atoms in total. The molecule has 0 saturated heterocycles. The van der Waals surface area contributed by atoms with Gasteiger partial charge in [-0.05, 0) is 31.1 Å². The van der Waals surface area contributed by atoms with E-state index in [1.165, 1.54) is 13.3 Å². The molecule has 2 aliphatic carbocycles. The molecule has 2 bridgehead atoms. The molecular formula is C14H24O3. The number of hydrogen-bond acceptors (Lipinski definition) is 3. The third-order valence-electron chi connectivity index (χ3n) is 4.83. The number of ketones is 1. The van der Waals surface area contributed by atoms with E-state index in [-0.39, 0.29) is 16.8 Å². The van der Waals surface area contributed by atoms with Crippen molar-refractivity contribution in [2.24, 2.45) is 16.7 Å². The van der Waals surface area contributed by atoms with Gasteiger partial charge in [0.1, 0.15) is 5.78 Å². The molecule has 2 rings (SSSR count). The molecule has 2 saturated carbocycles. The Balaban J connectivity index is 0.000000209. The molecule has 2 aliphatic rings. The van der Waals surface area contributed by atoms with E-state index in [0.717, 1.165) is 12.8 Å². The third-order valence-corrected chi connectivity index (χ3v) is 4.83. The predicted octanol–water partition coefficient (Wildman–Crippen LogP) is 2.97. The van der Waals surface area contributed by atoms with E-state index in [0.29, 0.717) is 18.3 Å². The molecular weight excluding hydrogens is 216 g/mol. The van der Waals surface area contributed by atoms with Crippen molar-refractivity contribution in [1.82, 2.24) is 0 Å². The molecule has 2 fully saturated rings. The first-order valence-electron chi connectivity index (χ1n) is 6.42. The molecule has 0 radical (unpaired) electrons. The second-order valence-corrected chi connectivity index (χ2v) is 5.84. The van der Waals surface area contributed by atoms with Crippen LogP contribution in [0.1, 0.15) is 53.9 Å². The Labute approximate surface area is 104 Å². The second-order valence-electron chi connectivity index (χ2n) is 5.84. The number of carbonyl (C=O) groups is 2. The van der Waals surface area contributed by atoms with Gasteiger partial charge in [-0.2, -0.15) is 0 Å².